The fourth-order valence-corrected chi connectivity index (χ4v) is 3.83. The molecule has 0 spiro atoms. The second-order valence-corrected chi connectivity index (χ2v) is 7.78. The summed E-state index contributed by atoms with van der Waals surface area (Å²) in [7, 11) is 0. The molecule has 0 bridgehead atoms. The Hall–Kier alpha value is -3.46. The van der Waals surface area contributed by atoms with Crippen molar-refractivity contribution in [2.24, 2.45) is 0 Å². The molecule has 152 valence electrons. The first kappa shape index (κ1) is 19.8. The number of carbonyl (C=O) groups excluding carboxylic acids is 1. The van der Waals surface area contributed by atoms with E-state index in [2.05, 4.69) is 25.9 Å². The first-order valence-electron chi connectivity index (χ1n) is 9.42. The number of thioether (sulfide) groups is 1. The number of tetrazole rings is 1. The smallest absolute Gasteiger partial charge is 0.234 e. The van der Waals surface area contributed by atoms with Crippen LogP contribution in [-0.4, -0.2) is 41.6 Å². The van der Waals surface area contributed by atoms with Crippen molar-refractivity contribution < 1.29 is 4.79 Å². The van der Waals surface area contributed by atoms with Crippen molar-refractivity contribution in [1.82, 2.24) is 30.0 Å². The summed E-state index contributed by atoms with van der Waals surface area (Å²) in [6, 6.07) is 17.7. The van der Waals surface area contributed by atoms with Gasteiger partial charge >= 0.3 is 0 Å². The van der Waals surface area contributed by atoms with Gasteiger partial charge in [0.05, 0.1) is 34.2 Å². The highest BCUT2D eigenvalue weighted by Crippen LogP contribution is 2.24. The summed E-state index contributed by atoms with van der Waals surface area (Å²) in [5, 5.41) is 19.9. The molecule has 0 fully saturated rings. The molecular weight excluding hydrogens is 398 g/mol. The Bertz CT molecular complexity index is 1180. The Labute approximate surface area is 178 Å². The SMILES string of the molecule is Cc1cccc(-n2nnnc2SCC(=O)Nc2c(C)nn(-c3ccccc3)c2C)c1. The lowest BCUT2D eigenvalue weighted by molar-refractivity contribution is -0.113. The molecule has 0 aliphatic heterocycles. The number of anilines is 1. The minimum Gasteiger partial charge on any atom is -0.322 e. The van der Waals surface area contributed by atoms with Crippen LogP contribution in [0, 0.1) is 20.8 Å². The van der Waals surface area contributed by atoms with Gasteiger partial charge in [-0.25, -0.2) is 4.68 Å². The monoisotopic (exact) mass is 419 g/mol. The fourth-order valence-electron chi connectivity index (χ4n) is 3.14. The van der Waals surface area contributed by atoms with Crippen LogP contribution < -0.4 is 5.32 Å². The largest absolute Gasteiger partial charge is 0.322 e. The molecule has 0 aliphatic rings. The number of amides is 1. The average Bonchev–Trinajstić information content (AvgIpc) is 3.33. The molecule has 0 atom stereocenters. The van der Waals surface area contributed by atoms with Crippen LogP contribution in [-0.2, 0) is 4.79 Å². The Morgan fingerprint density at radius 2 is 1.77 bits per heavy atom. The third kappa shape index (κ3) is 4.11. The number of benzene rings is 2. The maximum atomic E-state index is 12.6. The number of aryl methyl sites for hydroxylation is 2. The van der Waals surface area contributed by atoms with Gasteiger partial charge in [-0.3, -0.25) is 4.79 Å². The Morgan fingerprint density at radius 3 is 2.53 bits per heavy atom. The summed E-state index contributed by atoms with van der Waals surface area (Å²) in [6.07, 6.45) is 0. The van der Waals surface area contributed by atoms with E-state index in [1.54, 1.807) is 4.68 Å². The Kier molecular flexibility index (Phi) is 5.62. The van der Waals surface area contributed by atoms with E-state index in [1.165, 1.54) is 11.8 Å². The van der Waals surface area contributed by atoms with Crippen molar-refractivity contribution in [3.8, 4) is 11.4 Å². The summed E-state index contributed by atoms with van der Waals surface area (Å²) in [5.41, 5.74) is 5.28. The molecule has 0 saturated heterocycles. The van der Waals surface area contributed by atoms with Crippen molar-refractivity contribution in [1.29, 1.82) is 0 Å². The first-order chi connectivity index (χ1) is 14.5. The zero-order valence-electron chi connectivity index (χ0n) is 16.9. The van der Waals surface area contributed by atoms with Gasteiger partial charge in [0.25, 0.3) is 0 Å². The third-order valence-electron chi connectivity index (χ3n) is 4.58. The lowest BCUT2D eigenvalue weighted by Gasteiger charge is -2.07. The number of nitrogens with zero attached hydrogens (tertiary/aromatic N) is 6. The standard InChI is InChI=1S/C21H21N7OS/c1-14-8-7-11-18(12-14)28-21(23-25-26-28)30-13-19(29)22-20-15(2)24-27(16(20)3)17-9-5-4-6-10-17/h4-12H,13H2,1-3H3,(H,22,29). The summed E-state index contributed by atoms with van der Waals surface area (Å²) in [6.45, 7) is 5.83. The van der Waals surface area contributed by atoms with Crippen molar-refractivity contribution >= 4 is 23.4 Å². The van der Waals surface area contributed by atoms with Crippen LogP contribution in [0.15, 0.2) is 59.8 Å². The van der Waals surface area contributed by atoms with Gasteiger partial charge < -0.3 is 5.32 Å². The van der Waals surface area contributed by atoms with E-state index in [0.717, 1.165) is 34.0 Å². The Morgan fingerprint density at radius 1 is 1.00 bits per heavy atom. The molecule has 9 heteroatoms. The zero-order chi connectivity index (χ0) is 21.1. The topological polar surface area (TPSA) is 90.5 Å². The normalized spacial score (nSPS) is 10.9. The lowest BCUT2D eigenvalue weighted by atomic mass is 10.2. The molecule has 4 aromatic rings. The van der Waals surface area contributed by atoms with Gasteiger partial charge in [0, 0.05) is 0 Å². The van der Waals surface area contributed by atoms with E-state index < -0.39 is 0 Å². The van der Waals surface area contributed by atoms with Crippen molar-refractivity contribution in [3.05, 3.63) is 71.5 Å². The highest BCUT2D eigenvalue weighted by molar-refractivity contribution is 7.99. The van der Waals surface area contributed by atoms with Crippen molar-refractivity contribution in [3.63, 3.8) is 0 Å². The Balaban J connectivity index is 1.46. The van der Waals surface area contributed by atoms with Crippen LogP contribution in [0.25, 0.3) is 11.4 Å². The quantitative estimate of drug-likeness (QED) is 0.481. The van der Waals surface area contributed by atoms with Gasteiger partial charge in [-0.05, 0) is 61.0 Å². The second kappa shape index (κ2) is 8.50. The summed E-state index contributed by atoms with van der Waals surface area (Å²) in [5.74, 6) is 0.0410. The van der Waals surface area contributed by atoms with Gasteiger partial charge in [0.2, 0.25) is 11.1 Å². The number of para-hydroxylation sites is 1. The van der Waals surface area contributed by atoms with Crippen LogP contribution in [0.2, 0.25) is 0 Å². The number of aromatic nitrogens is 6. The first-order valence-corrected chi connectivity index (χ1v) is 10.4. The third-order valence-corrected chi connectivity index (χ3v) is 5.50. The molecule has 4 rings (SSSR count). The molecule has 0 unspecified atom stereocenters. The van der Waals surface area contributed by atoms with E-state index in [-0.39, 0.29) is 11.7 Å². The highest BCUT2D eigenvalue weighted by atomic mass is 32.2. The summed E-state index contributed by atoms with van der Waals surface area (Å²) < 4.78 is 3.46. The molecule has 1 amide bonds. The van der Waals surface area contributed by atoms with Crippen LogP contribution >= 0.6 is 11.8 Å². The van der Waals surface area contributed by atoms with E-state index in [9.17, 15) is 4.79 Å². The molecule has 2 aromatic carbocycles. The number of carbonyl (C=O) groups is 1. The predicted octanol–water partition coefficient (Wildman–Crippen LogP) is 3.50. The second-order valence-electron chi connectivity index (χ2n) is 6.84. The average molecular weight is 420 g/mol. The number of hydrogen-bond acceptors (Lipinski definition) is 6. The predicted molar refractivity (Wildman–Crippen MR) is 116 cm³/mol. The van der Waals surface area contributed by atoms with Crippen molar-refractivity contribution in [2.45, 2.75) is 25.9 Å². The molecule has 0 radical (unpaired) electrons. The van der Waals surface area contributed by atoms with E-state index in [4.69, 9.17) is 0 Å². The van der Waals surface area contributed by atoms with Crippen molar-refractivity contribution in [2.75, 3.05) is 11.1 Å². The number of nitrogens with one attached hydrogen (secondary N) is 1. The number of rotatable bonds is 6. The molecule has 0 saturated carbocycles. The van der Waals surface area contributed by atoms with E-state index in [0.29, 0.717) is 5.16 Å². The van der Waals surface area contributed by atoms with Gasteiger partial charge in [-0.1, -0.05) is 42.1 Å². The fraction of sp³-hybridized carbons (Fsp3) is 0.190. The van der Waals surface area contributed by atoms with Gasteiger partial charge in [-0.15, -0.1) is 5.10 Å². The van der Waals surface area contributed by atoms with Gasteiger partial charge in [0.1, 0.15) is 0 Å². The van der Waals surface area contributed by atoms with Crippen LogP contribution in [0.5, 0.6) is 0 Å². The maximum absolute atomic E-state index is 12.6. The van der Waals surface area contributed by atoms with Gasteiger partial charge in [0.15, 0.2) is 0 Å². The highest BCUT2D eigenvalue weighted by Gasteiger charge is 2.17. The molecule has 1 N–H and O–H groups in total. The molecule has 2 aromatic heterocycles. The van der Waals surface area contributed by atoms with Crippen LogP contribution in [0.3, 0.4) is 0 Å². The molecule has 0 aliphatic carbocycles. The van der Waals surface area contributed by atoms with Crippen LogP contribution in [0.4, 0.5) is 5.69 Å². The molecular formula is C21H21N7OS. The zero-order valence-corrected chi connectivity index (χ0v) is 17.7. The van der Waals surface area contributed by atoms with Gasteiger partial charge in [-0.2, -0.15) is 9.78 Å². The molecule has 2 heterocycles. The summed E-state index contributed by atoms with van der Waals surface area (Å²) >= 11 is 1.28. The molecule has 8 nitrogen and oxygen atoms in total. The summed E-state index contributed by atoms with van der Waals surface area (Å²) in [4.78, 5) is 12.6. The van der Waals surface area contributed by atoms with Crippen LogP contribution in [0.1, 0.15) is 17.0 Å². The minimum atomic E-state index is -0.141. The maximum Gasteiger partial charge on any atom is 0.234 e. The minimum absolute atomic E-state index is 0.141. The molecule has 30 heavy (non-hydrogen) atoms. The van der Waals surface area contributed by atoms with E-state index >= 15 is 0 Å². The van der Waals surface area contributed by atoms with E-state index in [1.807, 2.05) is 80.1 Å². The lowest BCUT2D eigenvalue weighted by Crippen LogP contribution is -2.16. The number of hydrogen-bond donors (Lipinski definition) is 1.